The largest absolute Gasteiger partial charge is 0.364 e. The van der Waals surface area contributed by atoms with E-state index in [2.05, 4.69) is 10.1 Å². The Bertz CT molecular complexity index is 1140. The monoisotopic (exact) mass is 419 g/mol. The molecule has 0 unspecified atom stereocenters. The van der Waals surface area contributed by atoms with Crippen molar-refractivity contribution in [1.82, 2.24) is 24.5 Å². The van der Waals surface area contributed by atoms with Gasteiger partial charge in [-0.3, -0.25) is 19.3 Å². The second-order valence-electron chi connectivity index (χ2n) is 7.86. The molecule has 0 atom stereocenters. The number of aryl methyl sites for hydroxylation is 1. The molecule has 2 aliphatic heterocycles. The van der Waals surface area contributed by atoms with Gasteiger partial charge >= 0.3 is 0 Å². The summed E-state index contributed by atoms with van der Waals surface area (Å²) in [5.41, 5.74) is 1.95. The zero-order valence-corrected chi connectivity index (χ0v) is 17.0. The van der Waals surface area contributed by atoms with E-state index in [1.807, 2.05) is 4.57 Å². The molecule has 158 valence electrons. The van der Waals surface area contributed by atoms with Crippen LogP contribution < -0.4 is 0 Å². The molecule has 0 bridgehead atoms. The number of rotatable bonds is 4. The summed E-state index contributed by atoms with van der Waals surface area (Å²) in [6, 6.07) is 6.86. The quantitative estimate of drug-likeness (QED) is 0.602. The standard InChI is InChI=1S/C22H21N5O4/c1-14-18(12-31-24-14)20(28)25-9-6-15(7-10-25)19-23-8-11-26(19)13-27-21(29)16-4-2-3-5-17(16)22(27)30/h2-5,8,11-12,15H,6-7,9-10,13H2,1H3. The smallest absolute Gasteiger partial charge is 0.263 e. The molecule has 2 aromatic heterocycles. The van der Waals surface area contributed by atoms with Gasteiger partial charge in [-0.15, -0.1) is 0 Å². The number of carbonyl (C=O) groups excluding carboxylic acids is 3. The van der Waals surface area contributed by atoms with Crippen LogP contribution in [0.1, 0.15) is 61.4 Å². The summed E-state index contributed by atoms with van der Waals surface area (Å²) in [5.74, 6) is 0.309. The van der Waals surface area contributed by atoms with Gasteiger partial charge in [0, 0.05) is 31.4 Å². The lowest BCUT2D eigenvalue weighted by Gasteiger charge is -2.32. The van der Waals surface area contributed by atoms with Crippen LogP contribution in [-0.2, 0) is 6.67 Å². The van der Waals surface area contributed by atoms with E-state index in [-0.39, 0.29) is 30.3 Å². The van der Waals surface area contributed by atoms with Crippen LogP contribution in [0.15, 0.2) is 47.4 Å². The molecule has 0 radical (unpaired) electrons. The van der Waals surface area contributed by atoms with Crippen LogP contribution in [0.5, 0.6) is 0 Å². The van der Waals surface area contributed by atoms with Gasteiger partial charge in [-0.1, -0.05) is 17.3 Å². The second-order valence-corrected chi connectivity index (χ2v) is 7.86. The van der Waals surface area contributed by atoms with Crippen LogP contribution in [0, 0.1) is 6.92 Å². The minimum absolute atomic E-state index is 0.0773. The highest BCUT2D eigenvalue weighted by Crippen LogP contribution is 2.29. The predicted molar refractivity (Wildman–Crippen MR) is 108 cm³/mol. The highest BCUT2D eigenvalue weighted by atomic mass is 16.5. The molecule has 5 rings (SSSR count). The second kappa shape index (κ2) is 7.50. The minimum Gasteiger partial charge on any atom is -0.364 e. The summed E-state index contributed by atoms with van der Waals surface area (Å²) in [5, 5.41) is 3.78. The van der Waals surface area contributed by atoms with Gasteiger partial charge in [-0.25, -0.2) is 4.98 Å². The van der Waals surface area contributed by atoms with Crippen molar-refractivity contribution in [2.75, 3.05) is 13.1 Å². The molecule has 2 aliphatic rings. The van der Waals surface area contributed by atoms with Crippen molar-refractivity contribution in [1.29, 1.82) is 0 Å². The number of imidazole rings is 1. The number of nitrogens with zero attached hydrogens (tertiary/aromatic N) is 5. The molecule has 31 heavy (non-hydrogen) atoms. The Kier molecular flexibility index (Phi) is 4.65. The lowest BCUT2D eigenvalue weighted by molar-refractivity contribution is 0.0597. The SMILES string of the molecule is Cc1nocc1C(=O)N1CCC(c2nccn2CN2C(=O)c3ccccc3C2=O)CC1. The van der Waals surface area contributed by atoms with Crippen molar-refractivity contribution < 1.29 is 18.9 Å². The molecule has 3 amide bonds. The first-order valence-corrected chi connectivity index (χ1v) is 10.2. The van der Waals surface area contributed by atoms with Gasteiger partial charge in [0.2, 0.25) is 0 Å². The Labute approximate surface area is 178 Å². The third-order valence-electron chi connectivity index (χ3n) is 6.05. The lowest BCUT2D eigenvalue weighted by atomic mass is 9.95. The lowest BCUT2D eigenvalue weighted by Crippen LogP contribution is -2.39. The molecule has 1 fully saturated rings. The molecule has 3 aromatic rings. The third-order valence-corrected chi connectivity index (χ3v) is 6.05. The number of benzene rings is 1. The predicted octanol–water partition coefficient (Wildman–Crippen LogP) is 2.45. The molecular formula is C22H21N5O4. The first kappa shape index (κ1) is 19.2. The maximum absolute atomic E-state index is 12.7. The highest BCUT2D eigenvalue weighted by molar-refractivity contribution is 6.21. The summed E-state index contributed by atoms with van der Waals surface area (Å²) in [4.78, 5) is 45.6. The number of aromatic nitrogens is 3. The van der Waals surface area contributed by atoms with E-state index in [0.717, 1.165) is 18.7 Å². The molecule has 9 heteroatoms. The van der Waals surface area contributed by atoms with E-state index in [1.165, 1.54) is 11.2 Å². The number of carbonyl (C=O) groups is 3. The van der Waals surface area contributed by atoms with E-state index in [0.29, 0.717) is 35.5 Å². The molecule has 0 N–H and O–H groups in total. The first-order valence-electron chi connectivity index (χ1n) is 10.2. The van der Waals surface area contributed by atoms with Crippen molar-refractivity contribution in [3.05, 3.63) is 71.1 Å². The Balaban J connectivity index is 1.28. The summed E-state index contributed by atoms with van der Waals surface area (Å²) >= 11 is 0. The van der Waals surface area contributed by atoms with Gasteiger partial charge in [0.05, 0.1) is 16.8 Å². The fourth-order valence-electron chi connectivity index (χ4n) is 4.33. The maximum Gasteiger partial charge on any atom is 0.263 e. The topological polar surface area (TPSA) is 102 Å². The van der Waals surface area contributed by atoms with E-state index in [1.54, 1.807) is 48.5 Å². The molecule has 4 heterocycles. The number of piperidine rings is 1. The van der Waals surface area contributed by atoms with Gasteiger partial charge in [-0.2, -0.15) is 0 Å². The normalized spacial score (nSPS) is 16.8. The van der Waals surface area contributed by atoms with Gasteiger partial charge in [0.1, 0.15) is 24.3 Å². The minimum atomic E-state index is -0.287. The number of imide groups is 1. The summed E-state index contributed by atoms with van der Waals surface area (Å²) in [7, 11) is 0. The molecule has 0 saturated carbocycles. The van der Waals surface area contributed by atoms with E-state index >= 15 is 0 Å². The summed E-state index contributed by atoms with van der Waals surface area (Å²) in [6.45, 7) is 3.06. The zero-order valence-electron chi connectivity index (χ0n) is 17.0. The van der Waals surface area contributed by atoms with Gasteiger partial charge < -0.3 is 14.0 Å². The molecular weight excluding hydrogens is 398 g/mol. The number of amides is 3. The maximum atomic E-state index is 12.7. The van der Waals surface area contributed by atoms with E-state index in [9.17, 15) is 14.4 Å². The third kappa shape index (κ3) is 3.22. The average Bonchev–Trinajstić information content (AvgIpc) is 3.49. The summed E-state index contributed by atoms with van der Waals surface area (Å²) in [6.07, 6.45) is 6.35. The van der Waals surface area contributed by atoms with E-state index in [4.69, 9.17) is 4.52 Å². The van der Waals surface area contributed by atoms with Crippen LogP contribution in [0.2, 0.25) is 0 Å². The van der Waals surface area contributed by atoms with Crippen LogP contribution in [-0.4, -0.2) is 55.3 Å². The van der Waals surface area contributed by atoms with Crippen molar-refractivity contribution in [3.8, 4) is 0 Å². The first-order chi connectivity index (χ1) is 15.0. The molecule has 1 saturated heterocycles. The van der Waals surface area contributed by atoms with Gasteiger partial charge in [0.15, 0.2) is 0 Å². The number of fused-ring (bicyclic) bond motifs is 1. The average molecular weight is 419 g/mol. The van der Waals surface area contributed by atoms with Crippen LogP contribution in [0.25, 0.3) is 0 Å². The van der Waals surface area contributed by atoms with Crippen molar-refractivity contribution in [2.45, 2.75) is 32.4 Å². The zero-order chi connectivity index (χ0) is 21.5. The number of hydrogen-bond acceptors (Lipinski definition) is 6. The van der Waals surface area contributed by atoms with Crippen molar-refractivity contribution >= 4 is 17.7 Å². The summed E-state index contributed by atoms with van der Waals surface area (Å²) < 4.78 is 6.74. The Morgan fingerprint density at radius 3 is 2.42 bits per heavy atom. The fraction of sp³-hybridized carbons (Fsp3) is 0.318. The Hall–Kier alpha value is -3.75. The van der Waals surface area contributed by atoms with E-state index < -0.39 is 0 Å². The van der Waals surface area contributed by atoms with Crippen LogP contribution >= 0.6 is 0 Å². The molecule has 1 aromatic carbocycles. The van der Waals surface area contributed by atoms with Crippen LogP contribution in [0.4, 0.5) is 0 Å². The Morgan fingerprint density at radius 1 is 1.13 bits per heavy atom. The van der Waals surface area contributed by atoms with Crippen molar-refractivity contribution in [2.24, 2.45) is 0 Å². The molecule has 0 aliphatic carbocycles. The molecule has 0 spiro atoms. The van der Waals surface area contributed by atoms with Gasteiger partial charge in [0.25, 0.3) is 17.7 Å². The fourth-order valence-corrected chi connectivity index (χ4v) is 4.33. The highest BCUT2D eigenvalue weighted by Gasteiger charge is 2.36. The van der Waals surface area contributed by atoms with Gasteiger partial charge in [-0.05, 0) is 31.9 Å². The van der Waals surface area contributed by atoms with Crippen molar-refractivity contribution in [3.63, 3.8) is 0 Å². The Morgan fingerprint density at radius 2 is 1.81 bits per heavy atom. The number of likely N-dealkylation sites (tertiary alicyclic amines) is 1. The van der Waals surface area contributed by atoms with Crippen LogP contribution in [0.3, 0.4) is 0 Å². The molecule has 9 nitrogen and oxygen atoms in total. The number of hydrogen-bond donors (Lipinski definition) is 0.